The number of allylic oxidation sites excluding steroid dienone is 2. The van der Waals surface area contributed by atoms with E-state index in [0.717, 1.165) is 0 Å². The lowest BCUT2D eigenvalue weighted by Crippen LogP contribution is -2.32. The second-order valence-electron chi connectivity index (χ2n) is 7.44. The Balaban J connectivity index is 2.22. The third-order valence-electron chi connectivity index (χ3n) is 4.72. The van der Waals surface area contributed by atoms with E-state index >= 15 is 0 Å². The van der Waals surface area contributed by atoms with E-state index in [0.29, 0.717) is 22.2 Å². The zero-order chi connectivity index (χ0) is 19.2. The van der Waals surface area contributed by atoms with Crippen LogP contribution in [0.1, 0.15) is 37.8 Å². The van der Waals surface area contributed by atoms with Crippen LogP contribution in [-0.2, 0) is 16.1 Å². The van der Waals surface area contributed by atoms with E-state index in [1.165, 1.54) is 4.57 Å². The molecule has 1 heterocycles. The van der Waals surface area contributed by atoms with Gasteiger partial charge in [0, 0.05) is 24.9 Å². The molecule has 3 rings (SSSR count). The van der Waals surface area contributed by atoms with Gasteiger partial charge in [-0.05, 0) is 30.0 Å². The number of aliphatic hydroxyl groups is 1. The summed E-state index contributed by atoms with van der Waals surface area (Å²) >= 11 is 0. The van der Waals surface area contributed by atoms with Gasteiger partial charge >= 0.3 is 5.76 Å². The molecule has 1 aromatic carbocycles. The molecule has 0 atom stereocenters. The first kappa shape index (κ1) is 17.9. The molecule has 0 unspecified atom stereocenters. The van der Waals surface area contributed by atoms with Crippen molar-refractivity contribution >= 4 is 28.4 Å². The van der Waals surface area contributed by atoms with E-state index < -0.39 is 11.2 Å². The molecule has 26 heavy (non-hydrogen) atoms. The van der Waals surface area contributed by atoms with Gasteiger partial charge in [0.05, 0.1) is 5.52 Å². The molecule has 0 amide bonds. The molecule has 1 aliphatic carbocycles. The zero-order valence-corrected chi connectivity index (χ0v) is 15.1. The van der Waals surface area contributed by atoms with Crippen molar-refractivity contribution in [2.24, 2.45) is 5.41 Å². The second kappa shape index (κ2) is 6.12. The van der Waals surface area contributed by atoms with E-state index in [2.05, 4.69) is 6.58 Å². The average molecular weight is 355 g/mol. The number of aromatic nitrogens is 1. The topological polar surface area (TPSA) is 89.5 Å². The minimum absolute atomic E-state index is 0.159. The van der Waals surface area contributed by atoms with Crippen LogP contribution in [0.15, 0.2) is 39.6 Å². The van der Waals surface area contributed by atoms with Crippen LogP contribution in [-0.4, -0.2) is 21.2 Å². The van der Waals surface area contributed by atoms with Crippen LogP contribution in [0.4, 0.5) is 0 Å². The number of fused-ring (bicyclic) bond motifs is 1. The Bertz CT molecular complexity index is 1010. The number of hydrogen-bond acceptors (Lipinski definition) is 5. The van der Waals surface area contributed by atoms with Crippen LogP contribution in [0, 0.1) is 12.3 Å². The van der Waals surface area contributed by atoms with Gasteiger partial charge in [-0.25, -0.2) is 4.79 Å². The molecule has 1 N–H and O–H groups in total. The summed E-state index contributed by atoms with van der Waals surface area (Å²) in [6.45, 7) is 9.30. The predicted molar refractivity (Wildman–Crippen MR) is 98.0 cm³/mol. The second-order valence-corrected chi connectivity index (χ2v) is 7.44. The van der Waals surface area contributed by atoms with Gasteiger partial charge in [-0.2, -0.15) is 0 Å². The van der Waals surface area contributed by atoms with Crippen molar-refractivity contribution in [3.8, 4) is 0 Å². The maximum Gasteiger partial charge on any atom is 0.420 e. The molecular weight excluding hydrogens is 334 g/mol. The summed E-state index contributed by atoms with van der Waals surface area (Å²) in [5, 5.41) is 10.7. The van der Waals surface area contributed by atoms with Gasteiger partial charge in [0.1, 0.15) is 11.3 Å². The molecule has 6 nitrogen and oxygen atoms in total. The lowest BCUT2D eigenvalue weighted by atomic mass is 9.73. The standard InChI is InChI=1S/C20H21NO5/c1-5-8-21-17-11(2)12(6-7-15(17)26-19(21)25)18(24)16-13(22)9-20(3,4)10-14(16)23/h5-7,24H,1,8-10H2,2-4H3. The Hall–Kier alpha value is -2.89. The molecular formula is C20H21NO5. The van der Waals surface area contributed by atoms with Gasteiger partial charge < -0.3 is 9.52 Å². The van der Waals surface area contributed by atoms with Crippen molar-refractivity contribution in [1.29, 1.82) is 0 Å². The number of aryl methyl sites for hydroxylation is 1. The Morgan fingerprint density at radius 3 is 2.46 bits per heavy atom. The van der Waals surface area contributed by atoms with E-state index in [9.17, 15) is 19.5 Å². The number of ketones is 2. The molecule has 0 saturated heterocycles. The highest BCUT2D eigenvalue weighted by Gasteiger charge is 2.38. The van der Waals surface area contributed by atoms with Crippen molar-refractivity contribution < 1.29 is 19.1 Å². The summed E-state index contributed by atoms with van der Waals surface area (Å²) in [5.41, 5.74) is 1.21. The fourth-order valence-corrected chi connectivity index (χ4v) is 3.55. The molecule has 1 aliphatic rings. The van der Waals surface area contributed by atoms with Crippen molar-refractivity contribution in [2.45, 2.75) is 40.2 Å². The Morgan fingerprint density at radius 1 is 1.27 bits per heavy atom. The fourth-order valence-electron chi connectivity index (χ4n) is 3.55. The number of benzene rings is 1. The van der Waals surface area contributed by atoms with E-state index in [-0.39, 0.29) is 42.3 Å². The monoisotopic (exact) mass is 355 g/mol. The number of carbonyl (C=O) groups is 2. The van der Waals surface area contributed by atoms with Crippen molar-refractivity contribution in [1.82, 2.24) is 4.57 Å². The molecule has 1 fully saturated rings. The van der Waals surface area contributed by atoms with Crippen LogP contribution in [0.2, 0.25) is 0 Å². The molecule has 0 radical (unpaired) electrons. The molecule has 1 aromatic heterocycles. The number of hydrogen-bond donors (Lipinski definition) is 1. The highest BCUT2D eigenvalue weighted by molar-refractivity contribution is 6.26. The summed E-state index contributed by atoms with van der Waals surface area (Å²) in [6.07, 6.45) is 1.97. The van der Waals surface area contributed by atoms with Crippen molar-refractivity contribution in [2.75, 3.05) is 0 Å². The lowest BCUT2D eigenvalue weighted by Gasteiger charge is -2.29. The van der Waals surface area contributed by atoms with Crippen molar-refractivity contribution in [3.05, 3.63) is 52.0 Å². The van der Waals surface area contributed by atoms with Crippen LogP contribution in [0.25, 0.3) is 16.9 Å². The normalized spacial score (nSPS) is 17.0. The summed E-state index contributed by atoms with van der Waals surface area (Å²) in [7, 11) is 0. The van der Waals surface area contributed by atoms with Gasteiger partial charge in [-0.15, -0.1) is 6.58 Å². The van der Waals surface area contributed by atoms with Gasteiger partial charge in [0.25, 0.3) is 0 Å². The molecule has 0 aliphatic heterocycles. The summed E-state index contributed by atoms with van der Waals surface area (Å²) < 4.78 is 6.61. The van der Waals surface area contributed by atoms with Crippen LogP contribution in [0.3, 0.4) is 0 Å². The Morgan fingerprint density at radius 2 is 1.88 bits per heavy atom. The highest BCUT2D eigenvalue weighted by Crippen LogP contribution is 2.37. The summed E-state index contributed by atoms with van der Waals surface area (Å²) in [4.78, 5) is 36.9. The quantitative estimate of drug-likeness (QED) is 0.395. The molecule has 1 saturated carbocycles. The SMILES string of the molecule is C=CCn1c(=O)oc2ccc(C(O)=C3C(=O)CC(C)(C)CC3=O)c(C)c21. The maximum atomic E-state index is 12.5. The van der Waals surface area contributed by atoms with Crippen LogP contribution >= 0.6 is 0 Å². The average Bonchev–Trinajstić information content (AvgIpc) is 2.82. The summed E-state index contributed by atoms with van der Waals surface area (Å²) in [6, 6.07) is 3.11. The summed E-state index contributed by atoms with van der Waals surface area (Å²) in [5.74, 6) is -1.59. The molecule has 2 aromatic rings. The minimum Gasteiger partial charge on any atom is -0.506 e. The molecule has 0 bridgehead atoms. The zero-order valence-electron chi connectivity index (χ0n) is 15.1. The largest absolute Gasteiger partial charge is 0.506 e. The number of oxazole rings is 1. The first-order valence-corrected chi connectivity index (χ1v) is 8.40. The van der Waals surface area contributed by atoms with Gasteiger partial charge in [-0.3, -0.25) is 14.2 Å². The number of nitrogens with zero attached hydrogens (tertiary/aromatic N) is 1. The third-order valence-corrected chi connectivity index (χ3v) is 4.72. The number of carbonyl (C=O) groups excluding carboxylic acids is 2. The van der Waals surface area contributed by atoms with E-state index in [1.807, 2.05) is 13.8 Å². The number of aliphatic hydroxyl groups excluding tert-OH is 1. The van der Waals surface area contributed by atoms with Crippen molar-refractivity contribution in [3.63, 3.8) is 0 Å². The van der Waals surface area contributed by atoms with E-state index in [4.69, 9.17) is 4.42 Å². The predicted octanol–water partition coefficient (Wildman–Crippen LogP) is 3.32. The Labute approximate surface area is 150 Å². The Kier molecular flexibility index (Phi) is 4.22. The smallest absolute Gasteiger partial charge is 0.420 e. The van der Waals surface area contributed by atoms with Gasteiger partial charge in [0.15, 0.2) is 17.1 Å². The van der Waals surface area contributed by atoms with Gasteiger partial charge in [0.2, 0.25) is 0 Å². The maximum absolute atomic E-state index is 12.5. The highest BCUT2D eigenvalue weighted by atomic mass is 16.4. The number of rotatable bonds is 3. The van der Waals surface area contributed by atoms with E-state index in [1.54, 1.807) is 25.1 Å². The lowest BCUT2D eigenvalue weighted by molar-refractivity contribution is -0.127. The fraction of sp³-hybridized carbons (Fsp3) is 0.350. The minimum atomic E-state index is -0.529. The molecule has 0 spiro atoms. The first-order chi connectivity index (χ1) is 12.2. The number of Topliss-reactive ketones (excluding diaryl/α,β-unsaturated/α-hetero) is 2. The first-order valence-electron chi connectivity index (χ1n) is 8.40. The van der Waals surface area contributed by atoms with Crippen LogP contribution in [0.5, 0.6) is 0 Å². The third kappa shape index (κ3) is 2.81. The van der Waals surface area contributed by atoms with Gasteiger partial charge in [-0.1, -0.05) is 19.9 Å². The molecule has 6 heteroatoms. The molecule has 136 valence electrons. The van der Waals surface area contributed by atoms with Crippen LogP contribution < -0.4 is 5.76 Å².